The first-order valence-corrected chi connectivity index (χ1v) is 7.07. The number of carbonyl (C=O) groups is 2. The number of carboxylic acid groups (broad SMARTS) is 1. The smallest absolute Gasteiger partial charge is 0.326 e. The highest BCUT2D eigenvalue weighted by molar-refractivity contribution is 5.82. The van der Waals surface area contributed by atoms with Crippen LogP contribution in [0.15, 0.2) is 18.2 Å². The molecule has 1 aromatic rings. The molecule has 0 aliphatic rings. The van der Waals surface area contributed by atoms with Gasteiger partial charge in [0.15, 0.2) is 0 Å². The van der Waals surface area contributed by atoms with Gasteiger partial charge < -0.3 is 14.9 Å². The number of carbonyl (C=O) groups excluding carboxylic acids is 1. The van der Waals surface area contributed by atoms with Crippen molar-refractivity contribution in [3.8, 4) is 0 Å². The number of hydrogen-bond acceptors (Lipinski definition) is 3. The van der Waals surface area contributed by atoms with Crippen molar-refractivity contribution in [2.75, 3.05) is 13.6 Å². The largest absolute Gasteiger partial charge is 0.480 e. The molecule has 6 nitrogen and oxygen atoms in total. The molecular weight excluding hydrogens is 270 g/mol. The molecule has 0 spiro atoms. The van der Waals surface area contributed by atoms with E-state index in [0.29, 0.717) is 19.5 Å². The van der Waals surface area contributed by atoms with Crippen molar-refractivity contribution in [1.82, 2.24) is 14.8 Å². The topological polar surface area (TPSA) is 73.7 Å². The van der Waals surface area contributed by atoms with E-state index >= 15 is 0 Å². The average molecular weight is 293 g/mol. The van der Waals surface area contributed by atoms with Crippen LogP contribution >= 0.6 is 0 Å². The van der Waals surface area contributed by atoms with E-state index in [1.165, 1.54) is 11.9 Å². The quantitative estimate of drug-likeness (QED) is 0.872. The number of carboxylic acids is 1. The van der Waals surface area contributed by atoms with E-state index in [1.54, 1.807) is 11.8 Å². The van der Waals surface area contributed by atoms with Gasteiger partial charge in [-0.2, -0.15) is 0 Å². The fourth-order valence-corrected chi connectivity index (χ4v) is 2.17. The van der Waals surface area contributed by atoms with E-state index in [4.69, 9.17) is 5.11 Å². The molecule has 0 aliphatic carbocycles. The Balaban J connectivity index is 2.84. The Morgan fingerprint density at radius 3 is 2.48 bits per heavy atom. The second-order valence-corrected chi connectivity index (χ2v) is 4.94. The van der Waals surface area contributed by atoms with Crippen LogP contribution in [-0.4, -0.2) is 51.5 Å². The first-order valence-electron chi connectivity index (χ1n) is 7.07. The van der Waals surface area contributed by atoms with Gasteiger partial charge in [0, 0.05) is 19.3 Å². The molecule has 0 aliphatic heterocycles. The number of aryl methyl sites for hydroxylation is 1. The summed E-state index contributed by atoms with van der Waals surface area (Å²) in [6, 6.07) is 4.54. The molecule has 1 atom stereocenters. The lowest BCUT2D eigenvalue weighted by Crippen LogP contribution is -2.48. The van der Waals surface area contributed by atoms with Crippen LogP contribution in [0.25, 0.3) is 0 Å². The molecule has 0 saturated heterocycles. The SMILES string of the molecule is CCC(C(=O)O)N(C)C(=O)N(CC)Cc1cccc(C)n1. The van der Waals surface area contributed by atoms with E-state index in [9.17, 15) is 9.59 Å². The van der Waals surface area contributed by atoms with Gasteiger partial charge in [-0.3, -0.25) is 4.98 Å². The van der Waals surface area contributed by atoms with Crippen LogP contribution in [0, 0.1) is 6.92 Å². The van der Waals surface area contributed by atoms with E-state index in [1.807, 2.05) is 32.0 Å². The molecule has 2 amide bonds. The molecule has 0 aromatic carbocycles. The highest BCUT2D eigenvalue weighted by Crippen LogP contribution is 2.10. The predicted molar refractivity (Wildman–Crippen MR) is 79.9 cm³/mol. The number of hydrogen-bond donors (Lipinski definition) is 1. The molecule has 0 radical (unpaired) electrons. The normalized spacial score (nSPS) is 11.8. The zero-order valence-electron chi connectivity index (χ0n) is 13.0. The highest BCUT2D eigenvalue weighted by atomic mass is 16.4. The van der Waals surface area contributed by atoms with Crippen LogP contribution in [0.1, 0.15) is 31.7 Å². The highest BCUT2D eigenvalue weighted by Gasteiger charge is 2.27. The predicted octanol–water partition coefficient (Wildman–Crippen LogP) is 2.13. The number of rotatable bonds is 6. The third-order valence-corrected chi connectivity index (χ3v) is 3.39. The Bertz CT molecular complexity index is 505. The molecule has 1 rings (SSSR count). The average Bonchev–Trinajstić information content (AvgIpc) is 2.44. The summed E-state index contributed by atoms with van der Waals surface area (Å²) in [5.74, 6) is -0.988. The monoisotopic (exact) mass is 293 g/mol. The third-order valence-electron chi connectivity index (χ3n) is 3.39. The zero-order valence-corrected chi connectivity index (χ0v) is 13.0. The van der Waals surface area contributed by atoms with Crippen LogP contribution < -0.4 is 0 Å². The summed E-state index contributed by atoms with van der Waals surface area (Å²) in [7, 11) is 1.52. The van der Waals surface area contributed by atoms with Crippen molar-refractivity contribution in [2.24, 2.45) is 0 Å². The summed E-state index contributed by atoms with van der Waals surface area (Å²) in [4.78, 5) is 30.8. The van der Waals surface area contributed by atoms with Gasteiger partial charge >= 0.3 is 12.0 Å². The first kappa shape index (κ1) is 16.9. The van der Waals surface area contributed by atoms with Crippen molar-refractivity contribution in [3.05, 3.63) is 29.6 Å². The second kappa shape index (κ2) is 7.61. The van der Waals surface area contributed by atoms with Gasteiger partial charge in [-0.15, -0.1) is 0 Å². The maximum Gasteiger partial charge on any atom is 0.326 e. The van der Waals surface area contributed by atoms with Crippen LogP contribution in [0.2, 0.25) is 0 Å². The molecule has 0 bridgehead atoms. The van der Waals surface area contributed by atoms with Crippen LogP contribution in [0.3, 0.4) is 0 Å². The zero-order chi connectivity index (χ0) is 16.0. The Morgan fingerprint density at radius 2 is 2.00 bits per heavy atom. The Labute approximate surface area is 125 Å². The number of nitrogens with zero attached hydrogens (tertiary/aromatic N) is 3. The van der Waals surface area contributed by atoms with Gasteiger partial charge in [0.05, 0.1) is 12.2 Å². The third kappa shape index (κ3) is 4.44. The summed E-state index contributed by atoms with van der Waals surface area (Å²) in [5.41, 5.74) is 1.68. The Hall–Kier alpha value is -2.11. The molecule has 1 unspecified atom stereocenters. The molecule has 1 aromatic heterocycles. The van der Waals surface area contributed by atoms with E-state index in [0.717, 1.165) is 11.4 Å². The molecule has 1 heterocycles. The number of urea groups is 1. The molecule has 6 heteroatoms. The Morgan fingerprint density at radius 1 is 1.33 bits per heavy atom. The lowest BCUT2D eigenvalue weighted by atomic mass is 10.2. The molecule has 0 fully saturated rings. The van der Waals surface area contributed by atoms with Crippen molar-refractivity contribution >= 4 is 12.0 Å². The van der Waals surface area contributed by atoms with Gasteiger partial charge in [-0.25, -0.2) is 9.59 Å². The van der Waals surface area contributed by atoms with E-state index in [-0.39, 0.29) is 6.03 Å². The molecule has 0 saturated carbocycles. The number of likely N-dealkylation sites (N-methyl/N-ethyl adjacent to an activating group) is 1. The minimum absolute atomic E-state index is 0.296. The first-order chi connectivity index (χ1) is 9.90. The lowest BCUT2D eigenvalue weighted by Gasteiger charge is -2.30. The van der Waals surface area contributed by atoms with Crippen LogP contribution in [0.5, 0.6) is 0 Å². The number of aliphatic carboxylic acids is 1. The fraction of sp³-hybridized carbons (Fsp3) is 0.533. The summed E-state index contributed by atoms with van der Waals surface area (Å²) in [6.07, 6.45) is 0.373. The summed E-state index contributed by atoms with van der Waals surface area (Å²) in [6.45, 7) is 6.38. The van der Waals surface area contributed by atoms with E-state index in [2.05, 4.69) is 4.98 Å². The molecule has 21 heavy (non-hydrogen) atoms. The molecule has 116 valence electrons. The Kier molecular flexibility index (Phi) is 6.14. The summed E-state index contributed by atoms with van der Waals surface area (Å²) < 4.78 is 0. The minimum atomic E-state index is -0.988. The van der Waals surface area contributed by atoms with Crippen LogP contribution in [0.4, 0.5) is 4.79 Å². The molecular formula is C15H23N3O3. The maximum atomic E-state index is 12.4. The van der Waals surface area contributed by atoms with Crippen molar-refractivity contribution in [2.45, 2.75) is 39.8 Å². The van der Waals surface area contributed by atoms with Crippen LogP contribution in [-0.2, 0) is 11.3 Å². The van der Waals surface area contributed by atoms with Gasteiger partial charge in [0.25, 0.3) is 0 Å². The number of aromatic nitrogens is 1. The summed E-state index contributed by atoms with van der Waals surface area (Å²) in [5, 5.41) is 9.15. The van der Waals surface area contributed by atoms with Gasteiger partial charge in [0.2, 0.25) is 0 Å². The molecule has 1 N–H and O–H groups in total. The van der Waals surface area contributed by atoms with Gasteiger partial charge in [-0.1, -0.05) is 13.0 Å². The van der Waals surface area contributed by atoms with E-state index < -0.39 is 12.0 Å². The van der Waals surface area contributed by atoms with Gasteiger partial charge in [0.1, 0.15) is 6.04 Å². The lowest BCUT2D eigenvalue weighted by molar-refractivity contribution is -0.142. The second-order valence-electron chi connectivity index (χ2n) is 4.94. The maximum absolute atomic E-state index is 12.4. The van der Waals surface area contributed by atoms with Crippen molar-refractivity contribution < 1.29 is 14.7 Å². The summed E-state index contributed by atoms with van der Waals surface area (Å²) >= 11 is 0. The van der Waals surface area contributed by atoms with Crippen molar-refractivity contribution in [3.63, 3.8) is 0 Å². The minimum Gasteiger partial charge on any atom is -0.480 e. The van der Waals surface area contributed by atoms with Gasteiger partial charge in [-0.05, 0) is 32.4 Å². The fourth-order valence-electron chi connectivity index (χ4n) is 2.17. The standard InChI is InChI=1S/C15H23N3O3/c1-5-13(14(19)20)17(4)15(21)18(6-2)10-12-9-7-8-11(3)16-12/h7-9,13H,5-6,10H2,1-4H3,(H,19,20). The number of amides is 2. The van der Waals surface area contributed by atoms with Crippen molar-refractivity contribution in [1.29, 1.82) is 0 Å². The number of pyridine rings is 1.